The molecule has 10 aromatic rings. The van der Waals surface area contributed by atoms with Crippen LogP contribution >= 0.6 is 11.3 Å². The van der Waals surface area contributed by atoms with Crippen LogP contribution in [0.1, 0.15) is 0 Å². The van der Waals surface area contributed by atoms with Crippen molar-refractivity contribution in [3.63, 3.8) is 0 Å². The predicted octanol–water partition coefficient (Wildman–Crippen LogP) is 12.5. The lowest BCUT2D eigenvalue weighted by atomic mass is 9.97. The van der Waals surface area contributed by atoms with Crippen LogP contribution in [-0.2, 0) is 0 Å². The van der Waals surface area contributed by atoms with Crippen LogP contribution in [0, 0.1) is 0 Å². The summed E-state index contributed by atoms with van der Waals surface area (Å²) in [5.41, 5.74) is 8.94. The van der Waals surface area contributed by atoms with Gasteiger partial charge in [0.2, 0.25) is 0 Å². The molecule has 0 aliphatic heterocycles. The highest BCUT2D eigenvalue weighted by Crippen LogP contribution is 2.40. The number of aromatic nitrogens is 3. The molecule has 0 fully saturated rings. The zero-order valence-electron chi connectivity index (χ0n) is 26.7. The lowest BCUT2D eigenvalue weighted by molar-refractivity contribution is 0.670. The minimum atomic E-state index is 0.600. The Hall–Kier alpha value is -6.43. The Balaban J connectivity index is 1.07. The molecule has 7 aromatic carbocycles. The second-order valence-electron chi connectivity index (χ2n) is 12.4. The first kappa shape index (κ1) is 28.6. The number of hydrogen-bond acceptors (Lipinski definition) is 5. The van der Waals surface area contributed by atoms with E-state index in [1.807, 2.05) is 72.0 Å². The van der Waals surface area contributed by atoms with Gasteiger partial charge in [0.25, 0.3) is 0 Å². The standard InChI is InChI=1S/C45H27N3OS/c1-3-11-28(12-4-1)43-46-44(29-13-5-2-6-14-29)48-45(47-43)33-21-23-35-37-19-10-18-34(42(37)49-39(35)27-33)32-16-9-15-30(25-32)31-22-24-41-38(26-31)36-17-7-8-20-40(36)50-41/h1-27H. The van der Waals surface area contributed by atoms with Crippen LogP contribution < -0.4 is 0 Å². The lowest BCUT2D eigenvalue weighted by Gasteiger charge is -2.08. The summed E-state index contributed by atoms with van der Waals surface area (Å²) in [5, 5.41) is 4.73. The molecule has 0 saturated carbocycles. The highest BCUT2D eigenvalue weighted by atomic mass is 32.1. The number of nitrogens with zero attached hydrogens (tertiary/aromatic N) is 3. The van der Waals surface area contributed by atoms with Gasteiger partial charge < -0.3 is 4.42 Å². The van der Waals surface area contributed by atoms with Crippen molar-refractivity contribution < 1.29 is 4.42 Å². The van der Waals surface area contributed by atoms with Crippen molar-refractivity contribution in [2.75, 3.05) is 0 Å². The summed E-state index contributed by atoms with van der Waals surface area (Å²) in [5.74, 6) is 1.86. The minimum absolute atomic E-state index is 0.600. The predicted molar refractivity (Wildman–Crippen MR) is 207 cm³/mol. The molecule has 0 amide bonds. The maximum absolute atomic E-state index is 6.70. The van der Waals surface area contributed by atoms with Crippen LogP contribution in [0.3, 0.4) is 0 Å². The van der Waals surface area contributed by atoms with E-state index in [1.165, 1.54) is 31.3 Å². The summed E-state index contributed by atoms with van der Waals surface area (Å²) in [4.78, 5) is 14.7. The van der Waals surface area contributed by atoms with Gasteiger partial charge in [0, 0.05) is 53.2 Å². The van der Waals surface area contributed by atoms with Crippen molar-refractivity contribution in [2.45, 2.75) is 0 Å². The van der Waals surface area contributed by atoms with E-state index in [-0.39, 0.29) is 0 Å². The number of hydrogen-bond donors (Lipinski definition) is 0. The van der Waals surface area contributed by atoms with Crippen molar-refractivity contribution in [1.82, 2.24) is 15.0 Å². The van der Waals surface area contributed by atoms with E-state index in [1.54, 1.807) is 0 Å². The highest BCUT2D eigenvalue weighted by Gasteiger charge is 2.17. The van der Waals surface area contributed by atoms with Crippen LogP contribution in [0.2, 0.25) is 0 Å². The Morgan fingerprint density at radius 1 is 0.360 bits per heavy atom. The normalized spacial score (nSPS) is 11.6. The summed E-state index contributed by atoms with van der Waals surface area (Å²) < 4.78 is 9.33. The van der Waals surface area contributed by atoms with Crippen molar-refractivity contribution in [1.29, 1.82) is 0 Å². The fourth-order valence-electron chi connectivity index (χ4n) is 6.87. The Morgan fingerprint density at radius 3 is 1.72 bits per heavy atom. The van der Waals surface area contributed by atoms with Crippen LogP contribution in [0.25, 0.3) is 98.5 Å². The van der Waals surface area contributed by atoms with Crippen molar-refractivity contribution in [2.24, 2.45) is 0 Å². The SMILES string of the molecule is c1ccc(-c2nc(-c3ccccc3)nc(-c3ccc4c(c3)oc3c(-c5cccc(-c6ccc7sc8ccccc8c7c6)c5)cccc34)n2)cc1. The topological polar surface area (TPSA) is 51.8 Å². The molecule has 0 spiro atoms. The molecule has 3 heterocycles. The quantitative estimate of drug-likeness (QED) is 0.185. The molecule has 5 heteroatoms. The van der Waals surface area contributed by atoms with Gasteiger partial charge in [-0.3, -0.25) is 0 Å². The van der Waals surface area contributed by atoms with Gasteiger partial charge in [-0.2, -0.15) is 0 Å². The second kappa shape index (κ2) is 11.6. The zero-order chi connectivity index (χ0) is 33.0. The van der Waals surface area contributed by atoms with E-state index in [4.69, 9.17) is 19.4 Å². The van der Waals surface area contributed by atoms with Gasteiger partial charge in [0.1, 0.15) is 11.2 Å². The van der Waals surface area contributed by atoms with E-state index in [9.17, 15) is 0 Å². The fraction of sp³-hybridized carbons (Fsp3) is 0. The molecule has 0 N–H and O–H groups in total. The largest absolute Gasteiger partial charge is 0.455 e. The summed E-state index contributed by atoms with van der Waals surface area (Å²) in [6.45, 7) is 0. The maximum Gasteiger partial charge on any atom is 0.164 e. The van der Waals surface area contributed by atoms with E-state index in [0.717, 1.165) is 49.8 Å². The minimum Gasteiger partial charge on any atom is -0.455 e. The Morgan fingerprint density at radius 2 is 0.940 bits per heavy atom. The first-order valence-electron chi connectivity index (χ1n) is 16.6. The highest BCUT2D eigenvalue weighted by molar-refractivity contribution is 7.25. The number of fused-ring (bicyclic) bond motifs is 6. The van der Waals surface area contributed by atoms with Crippen LogP contribution in [0.4, 0.5) is 0 Å². The van der Waals surface area contributed by atoms with Crippen molar-refractivity contribution in [3.05, 3.63) is 164 Å². The average Bonchev–Trinajstić information content (AvgIpc) is 3.76. The number of benzene rings is 7. The summed E-state index contributed by atoms with van der Waals surface area (Å²) >= 11 is 1.84. The third-order valence-electron chi connectivity index (χ3n) is 9.34. The number of furan rings is 1. The average molecular weight is 658 g/mol. The lowest BCUT2D eigenvalue weighted by Crippen LogP contribution is -2.00. The van der Waals surface area contributed by atoms with Crippen LogP contribution in [0.5, 0.6) is 0 Å². The summed E-state index contributed by atoms with van der Waals surface area (Å²) in [7, 11) is 0. The molecule has 234 valence electrons. The van der Waals surface area contributed by atoms with E-state index < -0.39 is 0 Å². The maximum atomic E-state index is 6.70. The van der Waals surface area contributed by atoms with Gasteiger partial charge in [0.15, 0.2) is 17.5 Å². The molecule has 0 bridgehead atoms. The Bertz CT molecular complexity index is 2820. The van der Waals surface area contributed by atoms with Gasteiger partial charge >= 0.3 is 0 Å². The van der Waals surface area contributed by atoms with Crippen LogP contribution in [0.15, 0.2) is 168 Å². The third kappa shape index (κ3) is 4.87. The first-order chi connectivity index (χ1) is 24.7. The monoisotopic (exact) mass is 657 g/mol. The van der Waals surface area contributed by atoms with Crippen molar-refractivity contribution >= 4 is 53.4 Å². The van der Waals surface area contributed by atoms with E-state index in [0.29, 0.717) is 17.5 Å². The van der Waals surface area contributed by atoms with Gasteiger partial charge in [-0.25, -0.2) is 15.0 Å². The molecule has 3 aromatic heterocycles. The Labute approximate surface area is 292 Å². The van der Waals surface area contributed by atoms with Crippen LogP contribution in [-0.4, -0.2) is 15.0 Å². The summed E-state index contributed by atoms with van der Waals surface area (Å²) in [6.07, 6.45) is 0. The molecular formula is C45H27N3OS. The van der Waals surface area contributed by atoms with E-state index in [2.05, 4.69) is 103 Å². The molecular weight excluding hydrogens is 631 g/mol. The molecule has 10 rings (SSSR count). The number of rotatable bonds is 5. The van der Waals surface area contributed by atoms with Gasteiger partial charge in [-0.05, 0) is 53.1 Å². The van der Waals surface area contributed by atoms with E-state index >= 15 is 0 Å². The summed E-state index contributed by atoms with van der Waals surface area (Å²) in [6, 6.07) is 56.9. The molecule has 0 atom stereocenters. The first-order valence-corrected chi connectivity index (χ1v) is 17.4. The Kier molecular flexibility index (Phi) is 6.64. The molecule has 0 aliphatic carbocycles. The van der Waals surface area contributed by atoms with Gasteiger partial charge in [0.05, 0.1) is 0 Å². The molecule has 4 nitrogen and oxygen atoms in total. The molecule has 0 radical (unpaired) electrons. The zero-order valence-corrected chi connectivity index (χ0v) is 27.6. The van der Waals surface area contributed by atoms with Gasteiger partial charge in [-0.15, -0.1) is 11.3 Å². The third-order valence-corrected chi connectivity index (χ3v) is 10.5. The smallest absolute Gasteiger partial charge is 0.164 e. The number of thiophene rings is 1. The van der Waals surface area contributed by atoms with Crippen molar-refractivity contribution in [3.8, 4) is 56.4 Å². The molecule has 0 saturated heterocycles. The molecule has 0 aliphatic rings. The van der Waals surface area contributed by atoms with Gasteiger partial charge in [-0.1, -0.05) is 127 Å². The number of para-hydroxylation sites is 1. The molecule has 0 unspecified atom stereocenters. The molecule has 50 heavy (non-hydrogen) atoms. The second-order valence-corrected chi connectivity index (χ2v) is 13.5. The fourth-order valence-corrected chi connectivity index (χ4v) is 7.96.